The van der Waals surface area contributed by atoms with Crippen LogP contribution in [0.2, 0.25) is 0 Å². The number of hydrogen-bond donors (Lipinski definition) is 1. The third kappa shape index (κ3) is 1.72. The summed E-state index contributed by atoms with van der Waals surface area (Å²) in [5.41, 5.74) is 6.31. The Morgan fingerprint density at radius 1 is 1.07 bits per heavy atom. The van der Waals surface area contributed by atoms with Gasteiger partial charge in [0.15, 0.2) is 0 Å². The lowest BCUT2D eigenvalue weighted by atomic mass is 9.82. The fraction of sp³-hybridized carbons (Fsp3) is 1.00. The van der Waals surface area contributed by atoms with Crippen LogP contribution in [0.4, 0.5) is 0 Å². The summed E-state index contributed by atoms with van der Waals surface area (Å²) in [6.45, 7) is 3.75. The van der Waals surface area contributed by atoms with E-state index < -0.39 is 0 Å². The molecule has 0 amide bonds. The Bertz CT molecular complexity index is 241. The van der Waals surface area contributed by atoms with Gasteiger partial charge in [-0.3, -0.25) is 4.90 Å². The van der Waals surface area contributed by atoms with Gasteiger partial charge in [0.1, 0.15) is 0 Å². The molecule has 1 saturated heterocycles. The molecule has 2 aliphatic carbocycles. The first-order valence-corrected chi connectivity index (χ1v) is 6.75. The standard InChI is InChI=1S/C13H24N2/c1-9-2-5-12(14)13(6-9)15-8-10-3-4-11(15)7-10/h9-13H,2-8,14H2,1H3. The molecule has 2 heteroatoms. The van der Waals surface area contributed by atoms with Gasteiger partial charge in [0.05, 0.1) is 0 Å². The average molecular weight is 208 g/mol. The van der Waals surface area contributed by atoms with E-state index in [-0.39, 0.29) is 0 Å². The van der Waals surface area contributed by atoms with Gasteiger partial charge in [-0.05, 0) is 50.4 Å². The molecule has 15 heavy (non-hydrogen) atoms. The van der Waals surface area contributed by atoms with Crippen molar-refractivity contribution >= 4 is 0 Å². The summed E-state index contributed by atoms with van der Waals surface area (Å²) in [6.07, 6.45) is 8.35. The summed E-state index contributed by atoms with van der Waals surface area (Å²) < 4.78 is 0. The van der Waals surface area contributed by atoms with Gasteiger partial charge in [-0.1, -0.05) is 6.92 Å². The largest absolute Gasteiger partial charge is 0.326 e. The number of fused-ring (bicyclic) bond motifs is 2. The molecule has 2 N–H and O–H groups in total. The lowest BCUT2D eigenvalue weighted by molar-refractivity contribution is 0.0862. The van der Waals surface area contributed by atoms with Crippen molar-refractivity contribution in [1.82, 2.24) is 4.90 Å². The minimum Gasteiger partial charge on any atom is -0.326 e. The van der Waals surface area contributed by atoms with Gasteiger partial charge in [0.2, 0.25) is 0 Å². The normalized spacial score (nSPS) is 51.2. The molecule has 0 aromatic rings. The molecule has 86 valence electrons. The van der Waals surface area contributed by atoms with Crippen LogP contribution < -0.4 is 5.73 Å². The van der Waals surface area contributed by atoms with Crippen LogP contribution in [0.3, 0.4) is 0 Å². The smallest absolute Gasteiger partial charge is 0.0252 e. The van der Waals surface area contributed by atoms with Crippen LogP contribution in [-0.2, 0) is 0 Å². The number of piperidine rings is 1. The molecule has 5 unspecified atom stereocenters. The first-order chi connectivity index (χ1) is 7.24. The van der Waals surface area contributed by atoms with E-state index in [9.17, 15) is 0 Å². The Balaban J connectivity index is 1.70. The molecular formula is C13H24N2. The molecule has 2 saturated carbocycles. The first-order valence-electron chi connectivity index (χ1n) is 6.75. The van der Waals surface area contributed by atoms with Crippen molar-refractivity contribution < 1.29 is 0 Å². The average Bonchev–Trinajstić information content (AvgIpc) is 2.83. The Morgan fingerprint density at radius 2 is 1.93 bits per heavy atom. The van der Waals surface area contributed by atoms with E-state index >= 15 is 0 Å². The van der Waals surface area contributed by atoms with Crippen LogP contribution in [0.5, 0.6) is 0 Å². The fourth-order valence-electron chi connectivity index (χ4n) is 4.12. The fourth-order valence-corrected chi connectivity index (χ4v) is 4.12. The predicted molar refractivity (Wildman–Crippen MR) is 62.6 cm³/mol. The van der Waals surface area contributed by atoms with Gasteiger partial charge in [0, 0.05) is 24.7 Å². The minimum absolute atomic E-state index is 0.459. The second kappa shape index (κ2) is 3.74. The van der Waals surface area contributed by atoms with E-state index in [0.29, 0.717) is 12.1 Å². The molecule has 3 aliphatic rings. The number of nitrogens with two attached hydrogens (primary N) is 1. The van der Waals surface area contributed by atoms with Crippen LogP contribution in [0.1, 0.15) is 45.4 Å². The molecule has 2 bridgehead atoms. The van der Waals surface area contributed by atoms with E-state index in [1.807, 2.05) is 0 Å². The van der Waals surface area contributed by atoms with Crippen LogP contribution in [-0.4, -0.2) is 29.6 Å². The number of nitrogens with zero attached hydrogens (tertiary/aromatic N) is 1. The molecule has 0 radical (unpaired) electrons. The van der Waals surface area contributed by atoms with Crippen molar-refractivity contribution in [2.75, 3.05) is 6.54 Å². The van der Waals surface area contributed by atoms with Gasteiger partial charge < -0.3 is 5.73 Å². The summed E-state index contributed by atoms with van der Waals surface area (Å²) in [6, 6.07) is 2.07. The lowest BCUT2D eigenvalue weighted by Gasteiger charge is -2.42. The van der Waals surface area contributed by atoms with E-state index in [0.717, 1.165) is 17.9 Å². The van der Waals surface area contributed by atoms with Crippen LogP contribution in [0.15, 0.2) is 0 Å². The molecule has 0 aromatic heterocycles. The van der Waals surface area contributed by atoms with Gasteiger partial charge in [-0.25, -0.2) is 0 Å². The summed E-state index contributed by atoms with van der Waals surface area (Å²) in [5, 5.41) is 0. The zero-order chi connectivity index (χ0) is 10.4. The van der Waals surface area contributed by atoms with Gasteiger partial charge in [-0.15, -0.1) is 0 Å². The Labute approximate surface area is 93.2 Å². The maximum Gasteiger partial charge on any atom is 0.0252 e. The van der Waals surface area contributed by atoms with Crippen molar-refractivity contribution in [2.24, 2.45) is 17.6 Å². The van der Waals surface area contributed by atoms with E-state index in [2.05, 4.69) is 11.8 Å². The van der Waals surface area contributed by atoms with Gasteiger partial charge in [0.25, 0.3) is 0 Å². The molecule has 3 rings (SSSR count). The molecule has 0 aromatic carbocycles. The highest BCUT2D eigenvalue weighted by Gasteiger charge is 2.43. The summed E-state index contributed by atoms with van der Waals surface area (Å²) >= 11 is 0. The molecule has 3 fully saturated rings. The van der Waals surface area contributed by atoms with E-state index in [4.69, 9.17) is 5.73 Å². The van der Waals surface area contributed by atoms with Crippen molar-refractivity contribution in [3.05, 3.63) is 0 Å². The van der Waals surface area contributed by atoms with Crippen molar-refractivity contribution in [2.45, 2.75) is 63.6 Å². The van der Waals surface area contributed by atoms with Crippen molar-refractivity contribution in [3.8, 4) is 0 Å². The first kappa shape index (κ1) is 10.1. The topological polar surface area (TPSA) is 29.3 Å². The second-order valence-corrected chi connectivity index (χ2v) is 6.18. The minimum atomic E-state index is 0.459. The quantitative estimate of drug-likeness (QED) is 0.714. The SMILES string of the molecule is CC1CCC(N)C(N2CC3CCC2C3)C1. The Morgan fingerprint density at radius 3 is 2.60 bits per heavy atom. The van der Waals surface area contributed by atoms with Crippen LogP contribution in [0, 0.1) is 11.8 Å². The molecule has 1 aliphatic heterocycles. The maximum atomic E-state index is 6.31. The van der Waals surface area contributed by atoms with Crippen molar-refractivity contribution in [1.29, 1.82) is 0 Å². The maximum absolute atomic E-state index is 6.31. The second-order valence-electron chi connectivity index (χ2n) is 6.18. The summed E-state index contributed by atoms with van der Waals surface area (Å²) in [4.78, 5) is 2.77. The summed E-state index contributed by atoms with van der Waals surface area (Å²) in [5.74, 6) is 1.91. The Kier molecular flexibility index (Phi) is 2.52. The van der Waals surface area contributed by atoms with Gasteiger partial charge >= 0.3 is 0 Å². The monoisotopic (exact) mass is 208 g/mol. The van der Waals surface area contributed by atoms with Crippen LogP contribution >= 0.6 is 0 Å². The highest BCUT2D eigenvalue weighted by Crippen LogP contribution is 2.41. The number of rotatable bonds is 1. The molecule has 2 nitrogen and oxygen atoms in total. The molecule has 0 spiro atoms. The number of hydrogen-bond acceptors (Lipinski definition) is 2. The van der Waals surface area contributed by atoms with Gasteiger partial charge in [-0.2, -0.15) is 0 Å². The van der Waals surface area contributed by atoms with Crippen molar-refractivity contribution in [3.63, 3.8) is 0 Å². The summed E-state index contributed by atoms with van der Waals surface area (Å²) in [7, 11) is 0. The highest BCUT2D eigenvalue weighted by molar-refractivity contribution is 4.99. The third-order valence-electron chi connectivity index (χ3n) is 5.01. The van der Waals surface area contributed by atoms with E-state index in [1.165, 1.54) is 45.1 Å². The highest BCUT2D eigenvalue weighted by atomic mass is 15.2. The lowest BCUT2D eigenvalue weighted by Crippen LogP contribution is -2.53. The van der Waals surface area contributed by atoms with E-state index in [1.54, 1.807) is 0 Å². The molecule has 1 heterocycles. The van der Waals surface area contributed by atoms with Crippen LogP contribution in [0.25, 0.3) is 0 Å². The Hall–Kier alpha value is -0.0800. The zero-order valence-corrected chi connectivity index (χ0v) is 9.86. The molecule has 5 atom stereocenters. The molecular weight excluding hydrogens is 184 g/mol. The predicted octanol–water partition coefficient (Wildman–Crippen LogP) is 1.99. The zero-order valence-electron chi connectivity index (χ0n) is 9.86. The number of likely N-dealkylation sites (tertiary alicyclic amines) is 1. The third-order valence-corrected chi connectivity index (χ3v) is 5.01.